The third-order valence-electron chi connectivity index (χ3n) is 3.01. The van der Waals surface area contributed by atoms with Crippen molar-refractivity contribution < 1.29 is 19.4 Å². The van der Waals surface area contributed by atoms with E-state index in [2.05, 4.69) is 11.6 Å². The van der Waals surface area contributed by atoms with Crippen molar-refractivity contribution in [2.24, 2.45) is 0 Å². The number of rotatable bonds is 4. The smallest absolute Gasteiger partial charge is 0.352 e. The Balaban J connectivity index is 2.82. The predicted octanol–water partition coefficient (Wildman–Crippen LogP) is 1.70. The average molecular weight is 314 g/mol. The Labute approximate surface area is 131 Å². The van der Waals surface area contributed by atoms with Gasteiger partial charge < -0.3 is 9.84 Å². The Morgan fingerprint density at radius 3 is 2.39 bits per heavy atom. The van der Waals surface area contributed by atoms with Gasteiger partial charge in [-0.25, -0.2) is 9.78 Å². The highest BCUT2D eigenvalue weighted by atomic mass is 16.5. The van der Waals surface area contributed by atoms with Crippen LogP contribution in [0.25, 0.3) is 17.1 Å². The molecule has 0 radical (unpaired) electrons. The number of carboxylic acid groups (broad SMARTS) is 1. The van der Waals surface area contributed by atoms with Crippen molar-refractivity contribution in [2.45, 2.75) is 13.8 Å². The fraction of sp³-hybridized carbons (Fsp3) is 0.125. The maximum absolute atomic E-state index is 12.6. The zero-order valence-electron chi connectivity index (χ0n) is 12.6. The van der Waals surface area contributed by atoms with Crippen LogP contribution >= 0.6 is 0 Å². The first-order valence-corrected chi connectivity index (χ1v) is 6.63. The first-order valence-electron chi connectivity index (χ1n) is 6.63. The van der Waals surface area contributed by atoms with Gasteiger partial charge >= 0.3 is 17.5 Å². The van der Waals surface area contributed by atoms with Crippen LogP contribution in [0.2, 0.25) is 0 Å². The summed E-state index contributed by atoms with van der Waals surface area (Å²) in [4.78, 5) is 39.2. The maximum Gasteiger partial charge on any atom is 0.352 e. The lowest BCUT2D eigenvalue weighted by Gasteiger charge is -2.15. The second-order valence-electron chi connectivity index (χ2n) is 4.70. The van der Waals surface area contributed by atoms with Crippen LogP contribution in [0.4, 0.5) is 0 Å². The van der Waals surface area contributed by atoms with E-state index < -0.39 is 23.2 Å². The number of benzene rings is 1. The highest BCUT2D eigenvalue weighted by molar-refractivity contribution is 6.08. The second kappa shape index (κ2) is 6.27. The summed E-state index contributed by atoms with van der Waals surface area (Å²) in [6.07, 6.45) is 0. The van der Waals surface area contributed by atoms with Crippen LogP contribution in [-0.2, 0) is 9.59 Å². The van der Waals surface area contributed by atoms with E-state index in [-0.39, 0.29) is 17.3 Å². The van der Waals surface area contributed by atoms with Gasteiger partial charge in [-0.2, -0.15) is 0 Å². The van der Waals surface area contributed by atoms with Crippen LogP contribution < -0.4 is 10.3 Å². The van der Waals surface area contributed by atoms with Crippen molar-refractivity contribution in [3.8, 4) is 17.1 Å². The van der Waals surface area contributed by atoms with Gasteiger partial charge in [0.1, 0.15) is 11.5 Å². The molecule has 0 spiro atoms. The van der Waals surface area contributed by atoms with Gasteiger partial charge in [0.25, 0.3) is 0 Å². The quantitative estimate of drug-likeness (QED) is 0.681. The number of hydrogen-bond donors (Lipinski definition) is 1. The summed E-state index contributed by atoms with van der Waals surface area (Å²) in [6.45, 7) is 6.04. The molecule has 1 heterocycles. The zero-order chi connectivity index (χ0) is 17.1. The number of carbonyl (C=O) groups is 2. The minimum Gasteiger partial charge on any atom is -0.477 e. The molecule has 1 aromatic heterocycles. The fourth-order valence-electron chi connectivity index (χ4n) is 2.00. The Kier molecular flexibility index (Phi) is 4.40. The molecule has 0 bridgehead atoms. The minimum atomic E-state index is -1.39. The molecule has 0 atom stereocenters. The number of ether oxygens (including phenoxy) is 1. The first kappa shape index (κ1) is 16.2. The molecule has 23 heavy (non-hydrogen) atoms. The zero-order valence-corrected chi connectivity index (χ0v) is 12.6. The van der Waals surface area contributed by atoms with E-state index in [4.69, 9.17) is 4.74 Å². The number of carboxylic acids is 1. The molecule has 2 aromatic rings. The van der Waals surface area contributed by atoms with Crippen molar-refractivity contribution in [3.05, 3.63) is 53.0 Å². The van der Waals surface area contributed by atoms with Crippen LogP contribution in [0.1, 0.15) is 12.6 Å². The van der Waals surface area contributed by atoms with Gasteiger partial charge in [-0.3, -0.25) is 14.2 Å². The van der Waals surface area contributed by atoms with Crippen LogP contribution in [0, 0.1) is 6.92 Å². The topological polar surface area (TPSA) is 98.5 Å². The predicted molar refractivity (Wildman–Crippen MR) is 82.9 cm³/mol. The summed E-state index contributed by atoms with van der Waals surface area (Å²) in [7, 11) is 0. The van der Waals surface area contributed by atoms with E-state index in [1.165, 1.54) is 6.92 Å². The minimum absolute atomic E-state index is 0.108. The molecule has 1 N–H and O–H groups in total. The lowest BCUT2D eigenvalue weighted by atomic mass is 10.2. The SMILES string of the molecule is C=C(C(=O)O)n1c(-c2ccccc2)nc(C)c(OC(C)=O)c1=O. The normalized spacial score (nSPS) is 10.2. The molecule has 0 aliphatic heterocycles. The van der Waals surface area contributed by atoms with Crippen molar-refractivity contribution in [1.82, 2.24) is 9.55 Å². The highest BCUT2D eigenvalue weighted by Gasteiger charge is 2.22. The number of aryl methyl sites for hydroxylation is 1. The molecule has 1 aromatic carbocycles. The molecule has 0 saturated heterocycles. The summed E-state index contributed by atoms with van der Waals surface area (Å²) in [5.74, 6) is -2.30. The van der Waals surface area contributed by atoms with Crippen LogP contribution in [0.15, 0.2) is 41.7 Å². The van der Waals surface area contributed by atoms with Crippen molar-refractivity contribution >= 4 is 17.6 Å². The largest absolute Gasteiger partial charge is 0.477 e. The first-order chi connectivity index (χ1) is 10.8. The van der Waals surface area contributed by atoms with Crippen LogP contribution in [0.5, 0.6) is 5.75 Å². The molecule has 0 unspecified atom stereocenters. The molecule has 118 valence electrons. The van der Waals surface area contributed by atoms with Crippen LogP contribution in [0.3, 0.4) is 0 Å². The Morgan fingerprint density at radius 2 is 1.87 bits per heavy atom. The lowest BCUT2D eigenvalue weighted by Crippen LogP contribution is -2.28. The van der Waals surface area contributed by atoms with Crippen molar-refractivity contribution in [2.75, 3.05) is 0 Å². The molecule has 0 aliphatic rings. The number of aromatic nitrogens is 2. The molecule has 7 heteroatoms. The summed E-state index contributed by atoms with van der Waals surface area (Å²) in [5, 5.41) is 9.18. The Bertz CT molecular complexity index is 853. The van der Waals surface area contributed by atoms with Gasteiger partial charge in [0.2, 0.25) is 5.75 Å². The Hall–Kier alpha value is -3.22. The standard InChI is InChI=1S/C16H14N2O5/c1-9-13(23-11(3)19)15(20)18(10(2)16(21)22)14(17-9)12-7-5-4-6-8-12/h4-8H,2H2,1,3H3,(H,21,22). The maximum atomic E-state index is 12.6. The van der Waals surface area contributed by atoms with Gasteiger partial charge in [-0.05, 0) is 6.92 Å². The van der Waals surface area contributed by atoms with Crippen molar-refractivity contribution in [1.29, 1.82) is 0 Å². The van der Waals surface area contributed by atoms with E-state index in [0.717, 1.165) is 11.5 Å². The number of carbonyl (C=O) groups excluding carboxylic acids is 1. The number of nitrogens with zero attached hydrogens (tertiary/aromatic N) is 2. The average Bonchev–Trinajstić information content (AvgIpc) is 2.51. The van der Waals surface area contributed by atoms with E-state index in [1.54, 1.807) is 30.3 Å². The number of hydrogen-bond acceptors (Lipinski definition) is 5. The number of esters is 1. The molecular weight excluding hydrogens is 300 g/mol. The molecule has 2 rings (SSSR count). The van der Waals surface area contributed by atoms with Gasteiger partial charge in [0.15, 0.2) is 0 Å². The molecular formula is C16H14N2O5. The highest BCUT2D eigenvalue weighted by Crippen LogP contribution is 2.22. The summed E-state index contributed by atoms with van der Waals surface area (Å²) < 4.78 is 5.69. The van der Waals surface area contributed by atoms with Crippen molar-refractivity contribution in [3.63, 3.8) is 0 Å². The molecule has 0 saturated carbocycles. The van der Waals surface area contributed by atoms with Gasteiger partial charge in [0.05, 0.1) is 5.69 Å². The third-order valence-corrected chi connectivity index (χ3v) is 3.01. The van der Waals surface area contributed by atoms with Crippen LogP contribution in [-0.4, -0.2) is 26.6 Å². The van der Waals surface area contributed by atoms with E-state index in [1.807, 2.05) is 0 Å². The van der Waals surface area contributed by atoms with E-state index in [9.17, 15) is 19.5 Å². The molecule has 0 amide bonds. The van der Waals surface area contributed by atoms with Gasteiger partial charge in [0, 0.05) is 12.5 Å². The van der Waals surface area contributed by atoms with E-state index in [0.29, 0.717) is 5.56 Å². The number of aliphatic carboxylic acids is 1. The van der Waals surface area contributed by atoms with Gasteiger partial charge in [-0.1, -0.05) is 36.9 Å². The third kappa shape index (κ3) is 3.18. The molecule has 0 aliphatic carbocycles. The lowest BCUT2D eigenvalue weighted by molar-refractivity contribution is -0.132. The molecule has 7 nitrogen and oxygen atoms in total. The second-order valence-corrected chi connectivity index (χ2v) is 4.70. The molecule has 0 fully saturated rings. The summed E-state index contributed by atoms with van der Waals surface area (Å²) in [5.41, 5.74) is -0.586. The Morgan fingerprint density at radius 1 is 1.26 bits per heavy atom. The van der Waals surface area contributed by atoms with Gasteiger partial charge in [-0.15, -0.1) is 0 Å². The van der Waals surface area contributed by atoms with E-state index >= 15 is 0 Å². The summed E-state index contributed by atoms with van der Waals surface area (Å²) >= 11 is 0. The fourth-order valence-corrected chi connectivity index (χ4v) is 2.00. The summed E-state index contributed by atoms with van der Waals surface area (Å²) in [6, 6.07) is 8.59. The monoisotopic (exact) mass is 314 g/mol.